The lowest BCUT2D eigenvalue weighted by Crippen LogP contribution is -2.42. The molecule has 1 saturated carbocycles. The molecule has 0 bridgehead atoms. The van der Waals surface area contributed by atoms with E-state index in [0.717, 1.165) is 30.5 Å². The number of hydrogen-bond donors (Lipinski definition) is 2. The Bertz CT molecular complexity index is 1420. The minimum atomic E-state index is -0.624. The number of aromatic nitrogens is 4. The second-order valence-electron chi connectivity index (χ2n) is 9.79. The number of rotatable bonds is 5. The molecule has 0 unspecified atom stereocenters. The number of carbonyl (C=O) groups excluding carboxylic acids is 2. The van der Waals surface area contributed by atoms with Crippen molar-refractivity contribution in [3.05, 3.63) is 52.3 Å². The molecule has 2 fully saturated rings. The molecule has 10 heteroatoms. The molecule has 2 aliphatic rings. The van der Waals surface area contributed by atoms with Crippen molar-refractivity contribution in [2.45, 2.75) is 45.7 Å². The topological polar surface area (TPSA) is 125 Å². The summed E-state index contributed by atoms with van der Waals surface area (Å²) >= 11 is 6.12. The molecule has 36 heavy (non-hydrogen) atoms. The van der Waals surface area contributed by atoms with Crippen LogP contribution in [0.15, 0.2) is 30.5 Å². The van der Waals surface area contributed by atoms with Crippen LogP contribution >= 0.6 is 11.6 Å². The van der Waals surface area contributed by atoms with Crippen molar-refractivity contribution in [2.24, 2.45) is 11.1 Å². The molecular weight excluding hydrogens is 478 g/mol. The average Bonchev–Trinajstić information content (AvgIpc) is 3.48. The number of nitrogens with two attached hydrogens (primary N) is 2. The standard InChI is InChI=1S/C26H28ClN7O2/c1-3-5-21(35)32-9-8-26(15-32)11-19(12-26)34-24(28)22(25(29)36)23(31-34)20-14-33(30-16(20)2)13-17-6-4-7-18(27)10-17/h4,6-7,10,14,19H,8-9,11-13,15,28H2,1-2H3,(H2,29,36). The molecule has 3 heterocycles. The number of primary amides is 1. The van der Waals surface area contributed by atoms with E-state index in [1.54, 1.807) is 16.3 Å². The van der Waals surface area contributed by atoms with E-state index in [2.05, 4.69) is 16.9 Å². The number of amides is 2. The molecule has 2 amide bonds. The molecule has 1 saturated heterocycles. The Kier molecular flexibility index (Phi) is 6.00. The van der Waals surface area contributed by atoms with Crippen molar-refractivity contribution in [1.82, 2.24) is 24.5 Å². The van der Waals surface area contributed by atoms with E-state index in [0.29, 0.717) is 35.9 Å². The Labute approximate surface area is 214 Å². The summed E-state index contributed by atoms with van der Waals surface area (Å²) in [6.45, 7) is 5.44. The van der Waals surface area contributed by atoms with Gasteiger partial charge in [0.2, 0.25) is 0 Å². The zero-order valence-electron chi connectivity index (χ0n) is 20.3. The van der Waals surface area contributed by atoms with E-state index < -0.39 is 5.91 Å². The van der Waals surface area contributed by atoms with Gasteiger partial charge in [0.1, 0.15) is 17.1 Å². The summed E-state index contributed by atoms with van der Waals surface area (Å²) in [4.78, 5) is 26.4. The third-order valence-electron chi connectivity index (χ3n) is 7.27. The zero-order valence-corrected chi connectivity index (χ0v) is 21.0. The lowest BCUT2D eigenvalue weighted by Gasteiger charge is -2.45. The molecule has 186 valence electrons. The number of carbonyl (C=O) groups is 2. The summed E-state index contributed by atoms with van der Waals surface area (Å²) in [5, 5.41) is 10.0. The second kappa shape index (κ2) is 9.03. The summed E-state index contributed by atoms with van der Waals surface area (Å²) in [6, 6.07) is 7.61. The molecule has 5 rings (SSSR count). The maximum atomic E-state index is 12.4. The summed E-state index contributed by atoms with van der Waals surface area (Å²) in [7, 11) is 0. The Hall–Kier alpha value is -3.77. The molecule has 0 radical (unpaired) electrons. The summed E-state index contributed by atoms with van der Waals surface area (Å²) in [5.74, 6) is 4.82. The predicted molar refractivity (Wildman–Crippen MR) is 137 cm³/mol. The van der Waals surface area contributed by atoms with Gasteiger partial charge in [-0.05, 0) is 62.1 Å². The molecule has 1 aliphatic heterocycles. The van der Waals surface area contributed by atoms with Gasteiger partial charge in [0.05, 0.1) is 18.3 Å². The third kappa shape index (κ3) is 4.22. The molecule has 0 atom stereocenters. The number of anilines is 1. The molecule has 1 aromatic carbocycles. The zero-order chi connectivity index (χ0) is 25.6. The van der Waals surface area contributed by atoms with Gasteiger partial charge in [0.15, 0.2) is 0 Å². The number of nitrogen functional groups attached to an aromatic ring is 1. The fourth-order valence-electron chi connectivity index (χ4n) is 5.55. The second-order valence-corrected chi connectivity index (χ2v) is 10.2. The number of benzene rings is 1. The fraction of sp³-hybridized carbons (Fsp3) is 0.385. The van der Waals surface area contributed by atoms with Gasteiger partial charge < -0.3 is 16.4 Å². The molecule has 9 nitrogen and oxygen atoms in total. The van der Waals surface area contributed by atoms with Crippen LogP contribution < -0.4 is 11.5 Å². The largest absolute Gasteiger partial charge is 0.383 e. The van der Waals surface area contributed by atoms with Crippen LogP contribution in [0.1, 0.15) is 53.8 Å². The van der Waals surface area contributed by atoms with Crippen LogP contribution in [0.2, 0.25) is 5.02 Å². The van der Waals surface area contributed by atoms with E-state index in [-0.39, 0.29) is 28.7 Å². The van der Waals surface area contributed by atoms with Crippen molar-refractivity contribution in [1.29, 1.82) is 0 Å². The van der Waals surface area contributed by atoms with Gasteiger partial charge in [-0.2, -0.15) is 10.2 Å². The van der Waals surface area contributed by atoms with Crippen LogP contribution in [0, 0.1) is 24.2 Å². The van der Waals surface area contributed by atoms with Crippen LogP contribution in [-0.4, -0.2) is 49.4 Å². The molecule has 2 aromatic heterocycles. The van der Waals surface area contributed by atoms with E-state index in [1.807, 2.05) is 42.3 Å². The van der Waals surface area contributed by atoms with Crippen molar-refractivity contribution < 1.29 is 9.59 Å². The Morgan fingerprint density at radius 2 is 2.06 bits per heavy atom. The number of nitrogens with zero attached hydrogens (tertiary/aromatic N) is 5. The monoisotopic (exact) mass is 505 g/mol. The predicted octanol–water partition coefficient (Wildman–Crippen LogP) is 3.01. The van der Waals surface area contributed by atoms with Gasteiger partial charge in [0, 0.05) is 29.9 Å². The van der Waals surface area contributed by atoms with Gasteiger partial charge in [-0.15, -0.1) is 0 Å². The SMILES string of the molecule is CC#CC(=O)N1CCC2(CC(n3nc(-c4cn(Cc5cccc(Cl)c5)nc4C)c(C(N)=O)c3N)C2)C1. The van der Waals surface area contributed by atoms with E-state index in [4.69, 9.17) is 28.2 Å². The van der Waals surface area contributed by atoms with Crippen molar-refractivity contribution in [3.63, 3.8) is 0 Å². The Morgan fingerprint density at radius 1 is 1.28 bits per heavy atom. The van der Waals surface area contributed by atoms with Gasteiger partial charge >= 0.3 is 0 Å². The highest BCUT2D eigenvalue weighted by atomic mass is 35.5. The normalized spacial score (nSPS) is 20.8. The Morgan fingerprint density at radius 3 is 2.75 bits per heavy atom. The van der Waals surface area contributed by atoms with Gasteiger partial charge in [-0.1, -0.05) is 29.7 Å². The quantitative estimate of drug-likeness (QED) is 0.515. The number of halogens is 1. The first-order chi connectivity index (χ1) is 17.2. The maximum Gasteiger partial charge on any atom is 0.298 e. The van der Waals surface area contributed by atoms with E-state index in [9.17, 15) is 9.59 Å². The van der Waals surface area contributed by atoms with Crippen LogP contribution in [0.5, 0.6) is 0 Å². The molecule has 3 aromatic rings. The number of likely N-dealkylation sites (tertiary alicyclic amines) is 1. The Balaban J connectivity index is 1.39. The highest BCUT2D eigenvalue weighted by Gasteiger charge is 2.51. The molecule has 4 N–H and O–H groups in total. The summed E-state index contributed by atoms with van der Waals surface area (Å²) < 4.78 is 3.52. The average molecular weight is 506 g/mol. The lowest BCUT2D eigenvalue weighted by atomic mass is 9.65. The van der Waals surface area contributed by atoms with Crippen molar-refractivity contribution >= 4 is 29.2 Å². The van der Waals surface area contributed by atoms with Crippen LogP contribution in [0.3, 0.4) is 0 Å². The van der Waals surface area contributed by atoms with Crippen LogP contribution in [0.4, 0.5) is 5.82 Å². The first kappa shape index (κ1) is 23.9. The first-order valence-corrected chi connectivity index (χ1v) is 12.3. The van der Waals surface area contributed by atoms with Gasteiger partial charge in [-0.3, -0.25) is 14.3 Å². The molecular formula is C26H28ClN7O2. The summed E-state index contributed by atoms with van der Waals surface area (Å²) in [6.07, 6.45) is 4.43. The van der Waals surface area contributed by atoms with Gasteiger partial charge in [0.25, 0.3) is 11.8 Å². The molecule has 1 aliphatic carbocycles. The van der Waals surface area contributed by atoms with Crippen molar-refractivity contribution in [3.8, 4) is 23.1 Å². The van der Waals surface area contributed by atoms with Crippen molar-refractivity contribution in [2.75, 3.05) is 18.8 Å². The third-order valence-corrected chi connectivity index (χ3v) is 7.50. The highest BCUT2D eigenvalue weighted by molar-refractivity contribution is 6.30. The maximum absolute atomic E-state index is 12.4. The highest BCUT2D eigenvalue weighted by Crippen LogP contribution is 2.54. The smallest absolute Gasteiger partial charge is 0.298 e. The number of hydrogen-bond acceptors (Lipinski definition) is 5. The fourth-order valence-corrected chi connectivity index (χ4v) is 5.76. The molecule has 1 spiro atoms. The minimum Gasteiger partial charge on any atom is -0.383 e. The van der Waals surface area contributed by atoms with Crippen LogP contribution in [-0.2, 0) is 11.3 Å². The van der Waals surface area contributed by atoms with Gasteiger partial charge in [-0.25, -0.2) is 4.68 Å². The first-order valence-electron chi connectivity index (χ1n) is 11.9. The van der Waals surface area contributed by atoms with E-state index in [1.165, 1.54) is 0 Å². The summed E-state index contributed by atoms with van der Waals surface area (Å²) in [5.41, 5.74) is 15.3. The minimum absolute atomic E-state index is 0.0333. The van der Waals surface area contributed by atoms with E-state index >= 15 is 0 Å². The lowest BCUT2D eigenvalue weighted by molar-refractivity contribution is -0.125. The van der Waals surface area contributed by atoms with Crippen LogP contribution in [0.25, 0.3) is 11.3 Å². The number of aryl methyl sites for hydroxylation is 1.